The van der Waals surface area contributed by atoms with Gasteiger partial charge in [-0.25, -0.2) is 0 Å². The Morgan fingerprint density at radius 2 is 2.05 bits per heavy atom. The first-order chi connectivity index (χ1) is 9.56. The van der Waals surface area contributed by atoms with Gasteiger partial charge in [-0.05, 0) is 30.2 Å². The van der Waals surface area contributed by atoms with Crippen molar-refractivity contribution in [3.8, 4) is 11.5 Å². The van der Waals surface area contributed by atoms with Gasteiger partial charge in [-0.3, -0.25) is 4.79 Å². The van der Waals surface area contributed by atoms with Gasteiger partial charge in [0.2, 0.25) is 5.91 Å². The number of phenols is 2. The number of hydrogen-bond acceptors (Lipinski definition) is 5. The maximum absolute atomic E-state index is 11.8. The minimum Gasteiger partial charge on any atom is -0.504 e. The normalized spacial score (nSPS) is 12.1. The average Bonchev–Trinajstić information content (AvgIpc) is 2.93. The summed E-state index contributed by atoms with van der Waals surface area (Å²) in [6, 6.07) is 5.38. The van der Waals surface area contributed by atoms with Crippen molar-refractivity contribution >= 4 is 5.91 Å². The minimum absolute atomic E-state index is 0.202. The highest BCUT2D eigenvalue weighted by atomic mass is 16.3. The van der Waals surface area contributed by atoms with E-state index in [0.717, 1.165) is 5.56 Å². The van der Waals surface area contributed by atoms with Crippen LogP contribution in [0.1, 0.15) is 11.1 Å². The molecule has 0 saturated carbocycles. The van der Waals surface area contributed by atoms with E-state index in [-0.39, 0.29) is 23.8 Å². The lowest BCUT2D eigenvalue weighted by Gasteiger charge is -2.12. The fraction of sp³-hybridized carbons (Fsp3) is 0.214. The molecule has 1 heterocycles. The molecule has 5 N–H and O–H groups in total. The predicted molar refractivity (Wildman–Crippen MR) is 72.0 cm³/mol. The Balaban J connectivity index is 1.88. The molecule has 2 rings (SSSR count). The van der Waals surface area contributed by atoms with Gasteiger partial charge in [-0.1, -0.05) is 6.07 Å². The minimum atomic E-state index is -0.731. The van der Waals surface area contributed by atoms with E-state index in [2.05, 4.69) is 5.32 Å². The number of benzene rings is 1. The highest BCUT2D eigenvalue weighted by Gasteiger charge is 2.14. The molecular weight excluding hydrogens is 260 g/mol. The van der Waals surface area contributed by atoms with Gasteiger partial charge >= 0.3 is 0 Å². The molecule has 106 valence electrons. The fourth-order valence-corrected chi connectivity index (χ4v) is 1.76. The fourth-order valence-electron chi connectivity index (χ4n) is 1.76. The Hall–Kier alpha value is -2.47. The lowest BCUT2D eigenvalue weighted by Crippen LogP contribution is -2.41. The van der Waals surface area contributed by atoms with E-state index in [9.17, 15) is 15.0 Å². The number of nitrogens with two attached hydrogens (primary N) is 1. The van der Waals surface area contributed by atoms with Crippen molar-refractivity contribution in [2.24, 2.45) is 5.73 Å². The number of carbonyl (C=O) groups excluding carboxylic acids is 1. The van der Waals surface area contributed by atoms with Crippen LogP contribution in [0.25, 0.3) is 0 Å². The van der Waals surface area contributed by atoms with Crippen LogP contribution in [0.3, 0.4) is 0 Å². The van der Waals surface area contributed by atoms with Crippen LogP contribution in [0.2, 0.25) is 0 Å². The Bertz CT molecular complexity index is 581. The number of rotatable bonds is 5. The van der Waals surface area contributed by atoms with Crippen LogP contribution < -0.4 is 11.1 Å². The van der Waals surface area contributed by atoms with Gasteiger partial charge < -0.3 is 25.7 Å². The number of hydrogen-bond donors (Lipinski definition) is 4. The zero-order valence-electron chi connectivity index (χ0n) is 10.7. The van der Waals surface area contributed by atoms with Gasteiger partial charge in [-0.15, -0.1) is 0 Å². The van der Waals surface area contributed by atoms with Crippen LogP contribution in [0, 0.1) is 0 Å². The summed E-state index contributed by atoms with van der Waals surface area (Å²) < 4.78 is 4.89. The first-order valence-corrected chi connectivity index (χ1v) is 6.11. The monoisotopic (exact) mass is 276 g/mol. The maximum atomic E-state index is 11.8. The third-order valence-electron chi connectivity index (χ3n) is 2.88. The Kier molecular flexibility index (Phi) is 4.27. The first-order valence-electron chi connectivity index (χ1n) is 6.11. The zero-order valence-corrected chi connectivity index (χ0v) is 10.7. The molecule has 6 nitrogen and oxygen atoms in total. The number of phenolic OH excluding ortho intramolecular Hbond substituents is 2. The molecule has 20 heavy (non-hydrogen) atoms. The largest absolute Gasteiger partial charge is 0.504 e. The Labute approximate surface area is 115 Å². The standard InChI is InChI=1S/C14H16N2O4/c15-11(5-9-1-2-12(17)13(18)6-9)14(19)16-7-10-3-4-20-8-10/h1-4,6,8,11,17-18H,5,7,15H2,(H,16,19)/t11-/m0/s1. The van der Waals surface area contributed by atoms with E-state index in [0.29, 0.717) is 12.1 Å². The van der Waals surface area contributed by atoms with Gasteiger partial charge in [0.1, 0.15) is 0 Å². The molecular formula is C14H16N2O4. The Morgan fingerprint density at radius 3 is 2.70 bits per heavy atom. The quantitative estimate of drug-likeness (QED) is 0.606. The van der Waals surface area contributed by atoms with Crippen LogP contribution in [-0.4, -0.2) is 22.2 Å². The topological polar surface area (TPSA) is 109 Å². The second-order valence-corrected chi connectivity index (χ2v) is 4.48. The van der Waals surface area contributed by atoms with Crippen LogP contribution in [-0.2, 0) is 17.8 Å². The van der Waals surface area contributed by atoms with Crippen LogP contribution in [0.4, 0.5) is 0 Å². The van der Waals surface area contributed by atoms with Crippen LogP contribution >= 0.6 is 0 Å². The third kappa shape index (κ3) is 3.52. The highest BCUT2D eigenvalue weighted by molar-refractivity contribution is 5.81. The molecule has 1 aromatic carbocycles. The smallest absolute Gasteiger partial charge is 0.237 e. The van der Waals surface area contributed by atoms with Gasteiger partial charge in [0.25, 0.3) is 0 Å². The summed E-state index contributed by atoms with van der Waals surface area (Å²) in [5, 5.41) is 21.3. The molecule has 0 bridgehead atoms. The van der Waals surface area contributed by atoms with Gasteiger partial charge in [0.15, 0.2) is 11.5 Å². The van der Waals surface area contributed by atoms with Crippen LogP contribution in [0.15, 0.2) is 41.2 Å². The molecule has 6 heteroatoms. The molecule has 0 radical (unpaired) electrons. The summed E-state index contributed by atoms with van der Waals surface area (Å²) in [7, 11) is 0. The summed E-state index contributed by atoms with van der Waals surface area (Å²) >= 11 is 0. The Morgan fingerprint density at radius 1 is 1.25 bits per heavy atom. The van der Waals surface area contributed by atoms with E-state index in [1.807, 2.05) is 0 Å². The number of furan rings is 1. The molecule has 2 aromatic rings. The van der Waals surface area contributed by atoms with E-state index >= 15 is 0 Å². The number of carbonyl (C=O) groups is 1. The predicted octanol–water partition coefficient (Wildman–Crippen LogP) is 0.877. The van der Waals surface area contributed by atoms with E-state index < -0.39 is 6.04 Å². The SMILES string of the molecule is N[C@@H](Cc1ccc(O)c(O)c1)C(=O)NCc1ccoc1. The molecule has 0 saturated heterocycles. The van der Waals surface area contributed by atoms with Crippen molar-refractivity contribution in [3.63, 3.8) is 0 Å². The summed E-state index contributed by atoms with van der Waals surface area (Å²) in [5.41, 5.74) is 7.32. The number of aromatic hydroxyl groups is 2. The van der Waals surface area contributed by atoms with Crippen molar-refractivity contribution in [2.75, 3.05) is 0 Å². The molecule has 1 atom stereocenters. The molecule has 1 amide bonds. The molecule has 0 fully saturated rings. The second-order valence-electron chi connectivity index (χ2n) is 4.48. The first kappa shape index (κ1) is 14.0. The molecule has 0 aliphatic rings. The van der Waals surface area contributed by atoms with Crippen molar-refractivity contribution in [3.05, 3.63) is 47.9 Å². The lowest BCUT2D eigenvalue weighted by molar-refractivity contribution is -0.122. The maximum Gasteiger partial charge on any atom is 0.237 e. The summed E-state index contributed by atoms with van der Waals surface area (Å²) in [4.78, 5) is 11.8. The highest BCUT2D eigenvalue weighted by Crippen LogP contribution is 2.25. The molecule has 1 aromatic heterocycles. The summed E-state index contributed by atoms with van der Waals surface area (Å²) in [6.45, 7) is 0.351. The van der Waals surface area contributed by atoms with E-state index in [4.69, 9.17) is 10.2 Å². The van der Waals surface area contributed by atoms with Crippen molar-refractivity contribution < 1.29 is 19.4 Å². The zero-order chi connectivity index (χ0) is 14.5. The third-order valence-corrected chi connectivity index (χ3v) is 2.88. The van der Waals surface area contributed by atoms with Gasteiger partial charge in [-0.2, -0.15) is 0 Å². The van der Waals surface area contributed by atoms with Crippen LogP contribution in [0.5, 0.6) is 11.5 Å². The lowest BCUT2D eigenvalue weighted by atomic mass is 10.1. The molecule has 0 spiro atoms. The van der Waals surface area contributed by atoms with Gasteiger partial charge in [0.05, 0.1) is 18.6 Å². The van der Waals surface area contributed by atoms with E-state index in [1.54, 1.807) is 18.4 Å². The molecule has 0 aliphatic heterocycles. The second kappa shape index (κ2) is 6.12. The summed E-state index contributed by atoms with van der Waals surface area (Å²) in [5.74, 6) is -0.723. The molecule has 0 unspecified atom stereocenters. The van der Waals surface area contributed by atoms with Crippen molar-refractivity contribution in [1.82, 2.24) is 5.32 Å². The average molecular weight is 276 g/mol. The van der Waals surface area contributed by atoms with Crippen molar-refractivity contribution in [2.45, 2.75) is 19.0 Å². The summed E-state index contributed by atoms with van der Waals surface area (Å²) in [6.07, 6.45) is 3.34. The van der Waals surface area contributed by atoms with Crippen molar-refractivity contribution in [1.29, 1.82) is 0 Å². The number of nitrogens with one attached hydrogen (secondary N) is 1. The van der Waals surface area contributed by atoms with Gasteiger partial charge in [0, 0.05) is 12.1 Å². The van der Waals surface area contributed by atoms with E-state index in [1.165, 1.54) is 18.4 Å². The number of amides is 1. The molecule has 0 aliphatic carbocycles.